The normalized spacial score (nSPS) is 12.4. The highest BCUT2D eigenvalue weighted by Gasteiger charge is 2.10. The van der Waals surface area contributed by atoms with Crippen molar-refractivity contribution in [1.29, 1.82) is 0 Å². The summed E-state index contributed by atoms with van der Waals surface area (Å²) >= 11 is 0. The second kappa shape index (κ2) is 4.79. The fraction of sp³-hybridized carbons (Fsp3) is 0.364. The molecule has 82 valence electrons. The Morgan fingerprint density at radius 3 is 2.87 bits per heavy atom. The van der Waals surface area contributed by atoms with Crippen LogP contribution in [0, 0.1) is 6.92 Å². The van der Waals surface area contributed by atoms with E-state index in [0.29, 0.717) is 6.54 Å². The van der Waals surface area contributed by atoms with Crippen molar-refractivity contribution in [2.45, 2.75) is 26.4 Å². The molecule has 0 saturated heterocycles. The molecular formula is C11H16N2O2. The maximum absolute atomic E-state index is 10.6. The number of nitrogens with two attached hydrogens (primary N) is 1. The van der Waals surface area contributed by atoms with E-state index >= 15 is 0 Å². The summed E-state index contributed by atoms with van der Waals surface area (Å²) in [6.07, 6.45) is 0. The third-order valence-corrected chi connectivity index (χ3v) is 2.38. The van der Waals surface area contributed by atoms with Crippen LogP contribution in [0.15, 0.2) is 18.2 Å². The third-order valence-electron chi connectivity index (χ3n) is 2.38. The maximum Gasteiger partial charge on any atom is 0.320 e. The number of carboxylic acids is 1. The maximum atomic E-state index is 10.6. The van der Waals surface area contributed by atoms with E-state index in [9.17, 15) is 4.79 Å². The van der Waals surface area contributed by atoms with Gasteiger partial charge in [0.25, 0.3) is 0 Å². The van der Waals surface area contributed by atoms with Crippen molar-refractivity contribution in [3.63, 3.8) is 0 Å². The van der Waals surface area contributed by atoms with Gasteiger partial charge in [0.15, 0.2) is 0 Å². The molecule has 4 N–H and O–H groups in total. The van der Waals surface area contributed by atoms with Gasteiger partial charge in [-0.1, -0.05) is 18.2 Å². The number of aryl methyl sites for hydroxylation is 1. The van der Waals surface area contributed by atoms with Gasteiger partial charge in [-0.05, 0) is 25.0 Å². The summed E-state index contributed by atoms with van der Waals surface area (Å²) in [5.74, 6) is -0.860. The fourth-order valence-corrected chi connectivity index (χ4v) is 1.25. The monoisotopic (exact) mass is 208 g/mol. The van der Waals surface area contributed by atoms with E-state index in [-0.39, 0.29) is 0 Å². The van der Waals surface area contributed by atoms with Gasteiger partial charge in [0.05, 0.1) is 0 Å². The van der Waals surface area contributed by atoms with Crippen molar-refractivity contribution in [2.24, 2.45) is 0 Å². The van der Waals surface area contributed by atoms with Crippen LogP contribution in [0.4, 0.5) is 5.69 Å². The van der Waals surface area contributed by atoms with E-state index in [1.54, 1.807) is 6.92 Å². The highest BCUT2D eigenvalue weighted by atomic mass is 16.4. The van der Waals surface area contributed by atoms with Gasteiger partial charge in [-0.3, -0.25) is 4.79 Å². The van der Waals surface area contributed by atoms with Gasteiger partial charge in [-0.25, -0.2) is 0 Å². The lowest BCUT2D eigenvalue weighted by Crippen LogP contribution is -2.33. The molecule has 0 heterocycles. The van der Waals surface area contributed by atoms with Gasteiger partial charge < -0.3 is 16.2 Å². The summed E-state index contributed by atoms with van der Waals surface area (Å²) < 4.78 is 0. The molecule has 15 heavy (non-hydrogen) atoms. The predicted octanol–water partition coefficient (Wildman–Crippen LogP) is 1.14. The van der Waals surface area contributed by atoms with Crippen LogP contribution in [-0.4, -0.2) is 17.1 Å². The molecule has 0 aliphatic rings. The zero-order chi connectivity index (χ0) is 11.4. The average molecular weight is 208 g/mol. The third kappa shape index (κ3) is 2.95. The van der Waals surface area contributed by atoms with E-state index in [1.165, 1.54) is 0 Å². The topological polar surface area (TPSA) is 75.3 Å². The minimum Gasteiger partial charge on any atom is -0.480 e. The molecule has 1 aromatic carbocycles. The van der Waals surface area contributed by atoms with Crippen molar-refractivity contribution < 1.29 is 9.90 Å². The number of hydrogen-bond acceptors (Lipinski definition) is 3. The van der Waals surface area contributed by atoms with E-state index < -0.39 is 12.0 Å². The largest absolute Gasteiger partial charge is 0.480 e. The number of anilines is 1. The minimum atomic E-state index is -0.860. The van der Waals surface area contributed by atoms with E-state index in [0.717, 1.165) is 16.8 Å². The Morgan fingerprint density at radius 1 is 1.60 bits per heavy atom. The molecule has 0 aromatic heterocycles. The number of para-hydroxylation sites is 1. The molecule has 0 bridgehead atoms. The van der Waals surface area contributed by atoms with E-state index in [2.05, 4.69) is 5.32 Å². The minimum absolute atomic E-state index is 0.473. The molecule has 0 spiro atoms. The first kappa shape index (κ1) is 11.5. The van der Waals surface area contributed by atoms with E-state index in [4.69, 9.17) is 10.8 Å². The van der Waals surface area contributed by atoms with Gasteiger partial charge in [-0.15, -0.1) is 0 Å². The molecule has 0 fully saturated rings. The number of rotatable bonds is 4. The molecule has 0 radical (unpaired) electrons. The number of carbonyl (C=O) groups is 1. The van der Waals surface area contributed by atoms with Gasteiger partial charge in [0.1, 0.15) is 6.04 Å². The number of carboxylic acid groups (broad SMARTS) is 1. The Bertz CT molecular complexity index is 364. The lowest BCUT2D eigenvalue weighted by atomic mass is 10.1. The van der Waals surface area contributed by atoms with E-state index in [1.807, 2.05) is 25.1 Å². The molecular weight excluding hydrogens is 192 g/mol. The Kier molecular flexibility index (Phi) is 3.68. The lowest BCUT2D eigenvalue weighted by molar-refractivity contribution is -0.139. The zero-order valence-electron chi connectivity index (χ0n) is 8.95. The first-order chi connectivity index (χ1) is 7.02. The Balaban J connectivity index is 2.66. The quantitative estimate of drug-likeness (QED) is 0.648. The highest BCUT2D eigenvalue weighted by Crippen LogP contribution is 2.15. The SMILES string of the molecule is Cc1cccc(CN[C@H](C)C(=O)O)c1N. The van der Waals surface area contributed by atoms with Crippen LogP contribution in [0.5, 0.6) is 0 Å². The average Bonchev–Trinajstić information content (AvgIpc) is 2.19. The first-order valence-corrected chi connectivity index (χ1v) is 4.82. The number of nitrogens with one attached hydrogen (secondary N) is 1. The number of aliphatic carboxylic acids is 1. The van der Waals surface area contributed by atoms with Gasteiger partial charge in [-0.2, -0.15) is 0 Å². The number of nitrogen functional groups attached to an aromatic ring is 1. The second-order valence-electron chi connectivity index (χ2n) is 3.59. The van der Waals surface area contributed by atoms with Crippen molar-refractivity contribution in [3.05, 3.63) is 29.3 Å². The molecule has 1 atom stereocenters. The van der Waals surface area contributed by atoms with Crippen molar-refractivity contribution in [1.82, 2.24) is 5.32 Å². The summed E-state index contributed by atoms with van der Waals surface area (Å²) in [6.45, 7) is 4.01. The summed E-state index contributed by atoms with van der Waals surface area (Å²) in [5, 5.41) is 11.6. The lowest BCUT2D eigenvalue weighted by Gasteiger charge is -2.12. The highest BCUT2D eigenvalue weighted by molar-refractivity contribution is 5.72. The molecule has 0 aliphatic carbocycles. The van der Waals surface area contributed by atoms with Gasteiger partial charge in [0, 0.05) is 12.2 Å². The number of benzene rings is 1. The smallest absolute Gasteiger partial charge is 0.320 e. The van der Waals surface area contributed by atoms with Crippen LogP contribution >= 0.6 is 0 Å². The predicted molar refractivity (Wildman–Crippen MR) is 59.5 cm³/mol. The van der Waals surface area contributed by atoms with Crippen LogP contribution in [-0.2, 0) is 11.3 Å². The molecule has 0 amide bonds. The zero-order valence-corrected chi connectivity index (χ0v) is 8.95. The van der Waals surface area contributed by atoms with Crippen LogP contribution in [0.3, 0.4) is 0 Å². The first-order valence-electron chi connectivity index (χ1n) is 4.82. The summed E-state index contributed by atoms with van der Waals surface area (Å²) in [7, 11) is 0. The van der Waals surface area contributed by atoms with Crippen LogP contribution in [0.1, 0.15) is 18.1 Å². The van der Waals surface area contributed by atoms with Crippen molar-refractivity contribution >= 4 is 11.7 Å². The standard InChI is InChI=1S/C11H16N2O2/c1-7-4-3-5-9(10(7)12)6-13-8(2)11(14)15/h3-5,8,13H,6,12H2,1-2H3,(H,14,15)/t8-/m1/s1. The molecule has 0 unspecified atom stereocenters. The Morgan fingerprint density at radius 2 is 2.27 bits per heavy atom. The van der Waals surface area contributed by atoms with Crippen molar-refractivity contribution in [3.8, 4) is 0 Å². The molecule has 0 saturated carbocycles. The van der Waals surface area contributed by atoms with Gasteiger partial charge >= 0.3 is 5.97 Å². The molecule has 1 rings (SSSR count). The van der Waals surface area contributed by atoms with Crippen molar-refractivity contribution in [2.75, 3.05) is 5.73 Å². The van der Waals surface area contributed by atoms with Crippen LogP contribution in [0.2, 0.25) is 0 Å². The van der Waals surface area contributed by atoms with Crippen LogP contribution in [0.25, 0.3) is 0 Å². The Labute approximate surface area is 89.1 Å². The molecule has 4 nitrogen and oxygen atoms in total. The second-order valence-corrected chi connectivity index (χ2v) is 3.59. The summed E-state index contributed by atoms with van der Waals surface area (Å²) in [5.41, 5.74) is 8.53. The fourth-order valence-electron chi connectivity index (χ4n) is 1.25. The molecule has 1 aromatic rings. The summed E-state index contributed by atoms with van der Waals surface area (Å²) in [6, 6.07) is 5.17. The molecule has 4 heteroatoms. The molecule has 0 aliphatic heterocycles. The Hall–Kier alpha value is -1.55. The van der Waals surface area contributed by atoms with Gasteiger partial charge in [0.2, 0.25) is 0 Å². The van der Waals surface area contributed by atoms with Crippen LogP contribution < -0.4 is 11.1 Å². The number of hydrogen-bond donors (Lipinski definition) is 3. The summed E-state index contributed by atoms with van der Waals surface area (Å²) in [4.78, 5) is 10.6.